The molecule has 0 aliphatic heterocycles. The Morgan fingerprint density at radius 3 is 1.30 bits per heavy atom. The fraction of sp³-hybridized carbons (Fsp3) is 0.714. The first-order valence-electron chi connectivity index (χ1n) is 19.3. The average Bonchev–Trinajstić information content (AvgIpc) is 3.09. The Labute approximate surface area is 308 Å². The Morgan fingerprint density at radius 1 is 0.435 bits per heavy atom. The predicted molar refractivity (Wildman–Crippen MR) is 222 cm³/mol. The first-order valence-corrected chi connectivity index (χ1v) is 21.6. The van der Waals surface area contributed by atoms with Gasteiger partial charge in [-0.2, -0.15) is 50.5 Å². The van der Waals surface area contributed by atoms with Gasteiger partial charge in [0.25, 0.3) is 0 Å². The van der Waals surface area contributed by atoms with Gasteiger partial charge in [0, 0.05) is 10.00 Å². The largest absolute Gasteiger partial charge is 0.179 e. The molecule has 4 heteroatoms. The highest BCUT2D eigenvalue weighted by atomic mass is 32.1. The zero-order valence-electron chi connectivity index (χ0n) is 29.3. The molecule has 0 nitrogen and oxygen atoms in total. The van der Waals surface area contributed by atoms with E-state index in [1.165, 1.54) is 165 Å². The molecule has 46 heavy (non-hydrogen) atoms. The van der Waals surface area contributed by atoms with Gasteiger partial charge in [-0.3, -0.25) is 0 Å². The molecule has 0 amide bonds. The lowest BCUT2D eigenvalue weighted by molar-refractivity contribution is 0.295. The minimum atomic E-state index is -0.0554. The molecule has 0 aromatic heterocycles. The Bertz CT molecular complexity index is 920. The molecule has 3 atom stereocenters. The Hall–Kier alpha value is -0.160. The van der Waals surface area contributed by atoms with Crippen molar-refractivity contribution in [3.63, 3.8) is 0 Å². The van der Waals surface area contributed by atoms with Gasteiger partial charge >= 0.3 is 0 Å². The van der Waals surface area contributed by atoms with Crippen molar-refractivity contribution in [2.45, 2.75) is 171 Å². The molecule has 0 saturated heterocycles. The summed E-state index contributed by atoms with van der Waals surface area (Å²) in [5, 5.41) is 0.314. The second-order valence-electron chi connectivity index (χ2n) is 13.9. The highest BCUT2D eigenvalue weighted by Gasteiger charge is 2.36. The maximum absolute atomic E-state index is 5.67. The van der Waals surface area contributed by atoms with Gasteiger partial charge < -0.3 is 0 Å². The monoisotopic (exact) mass is 702 g/mol. The van der Waals surface area contributed by atoms with Crippen LogP contribution < -0.4 is 0 Å². The quantitative estimate of drug-likeness (QED) is 0.0436. The molecule has 0 N–H and O–H groups in total. The van der Waals surface area contributed by atoms with Crippen molar-refractivity contribution in [1.82, 2.24) is 0 Å². The van der Waals surface area contributed by atoms with Crippen LogP contribution >= 0.6 is 50.5 Å². The highest BCUT2D eigenvalue weighted by molar-refractivity contribution is 7.81. The van der Waals surface area contributed by atoms with Crippen molar-refractivity contribution in [2.75, 3.05) is 11.5 Å². The zero-order valence-corrected chi connectivity index (χ0v) is 32.9. The molecular weight excluding hydrogens is 633 g/mol. The lowest BCUT2D eigenvalue weighted by Gasteiger charge is -2.38. The number of unbranched alkanes of at least 4 members (excludes halogenated alkanes) is 18. The van der Waals surface area contributed by atoms with Crippen molar-refractivity contribution in [1.29, 1.82) is 0 Å². The molecule has 0 aliphatic rings. The van der Waals surface area contributed by atoms with Crippen molar-refractivity contribution in [3.8, 4) is 0 Å². The van der Waals surface area contributed by atoms with Gasteiger partial charge in [0.05, 0.1) is 0 Å². The van der Waals surface area contributed by atoms with Gasteiger partial charge in [-0.25, -0.2) is 0 Å². The second kappa shape index (κ2) is 28.7. The van der Waals surface area contributed by atoms with Crippen molar-refractivity contribution < 1.29 is 0 Å². The zero-order chi connectivity index (χ0) is 33.0. The van der Waals surface area contributed by atoms with Crippen LogP contribution in [0, 0.1) is 5.92 Å². The summed E-state index contributed by atoms with van der Waals surface area (Å²) in [5.41, 5.74) is 2.79. The van der Waals surface area contributed by atoms with E-state index in [1.807, 2.05) is 0 Å². The number of benzene rings is 2. The van der Waals surface area contributed by atoms with Gasteiger partial charge in [-0.1, -0.05) is 183 Å². The third-order valence-electron chi connectivity index (χ3n) is 10.1. The van der Waals surface area contributed by atoms with E-state index in [9.17, 15) is 0 Å². The Balaban J connectivity index is 1.91. The maximum atomic E-state index is 5.67. The van der Waals surface area contributed by atoms with Gasteiger partial charge in [0.15, 0.2) is 0 Å². The van der Waals surface area contributed by atoms with E-state index in [-0.39, 0.29) is 4.75 Å². The topological polar surface area (TPSA) is 0 Å². The lowest BCUT2D eigenvalue weighted by atomic mass is 9.76. The van der Waals surface area contributed by atoms with E-state index in [2.05, 4.69) is 85.9 Å². The minimum Gasteiger partial charge on any atom is -0.179 e. The molecule has 0 aliphatic carbocycles. The van der Waals surface area contributed by atoms with Crippen LogP contribution in [0.2, 0.25) is 0 Å². The molecule has 0 fully saturated rings. The third kappa shape index (κ3) is 19.1. The number of hydrogen-bond acceptors (Lipinski definition) is 4. The summed E-state index contributed by atoms with van der Waals surface area (Å²) in [6, 6.07) is 22.2. The van der Waals surface area contributed by atoms with Crippen molar-refractivity contribution in [3.05, 3.63) is 71.8 Å². The smallest absolute Gasteiger partial charge is 0.0406 e. The highest BCUT2D eigenvalue weighted by Crippen LogP contribution is 2.46. The van der Waals surface area contributed by atoms with Crippen LogP contribution in [0.3, 0.4) is 0 Å². The molecule has 0 heterocycles. The standard InChI is InChI=1S/C42H70S4/c43-36-25-15-11-7-3-1-5-9-13-21-30-40(33-27-34-41(45)38-28-19-17-20-29-38)42(46,39-31-22-18-23-32-39)35-24-14-10-6-2-4-8-12-16-26-37-44/h17-20,22-23,28-29,31-32,40-41,43-46H,1-16,21,24-27,30,33-37H2. The van der Waals surface area contributed by atoms with E-state index >= 15 is 0 Å². The molecule has 0 radical (unpaired) electrons. The van der Waals surface area contributed by atoms with Crippen LogP contribution in [0.5, 0.6) is 0 Å². The van der Waals surface area contributed by atoms with Crippen LogP contribution in [0.15, 0.2) is 60.7 Å². The maximum Gasteiger partial charge on any atom is 0.0406 e. The molecule has 2 rings (SSSR count). The van der Waals surface area contributed by atoms with Gasteiger partial charge in [0.1, 0.15) is 0 Å². The first kappa shape index (κ1) is 42.0. The SMILES string of the molecule is SCCCCCCCCCCCCC(CCCC(S)c1ccccc1)C(S)(CCCCCCCCCCCCS)c1ccccc1. The number of hydrogen-bond donors (Lipinski definition) is 4. The fourth-order valence-electron chi connectivity index (χ4n) is 7.17. The van der Waals surface area contributed by atoms with E-state index in [4.69, 9.17) is 25.3 Å². The lowest BCUT2D eigenvalue weighted by Crippen LogP contribution is -2.30. The van der Waals surface area contributed by atoms with Crippen LogP contribution in [-0.2, 0) is 4.75 Å². The summed E-state index contributed by atoms with van der Waals surface area (Å²) < 4.78 is -0.0554. The van der Waals surface area contributed by atoms with E-state index in [1.54, 1.807) is 0 Å². The van der Waals surface area contributed by atoms with Crippen molar-refractivity contribution in [2.24, 2.45) is 5.92 Å². The van der Waals surface area contributed by atoms with Crippen molar-refractivity contribution >= 4 is 50.5 Å². The predicted octanol–water partition coefficient (Wildman–Crippen LogP) is 14.7. The van der Waals surface area contributed by atoms with Gasteiger partial charge in [-0.15, -0.1) is 0 Å². The summed E-state index contributed by atoms with van der Waals surface area (Å²) in [6.07, 6.45) is 33.4. The summed E-state index contributed by atoms with van der Waals surface area (Å²) in [6.45, 7) is 0. The van der Waals surface area contributed by atoms with E-state index in [0.717, 1.165) is 17.9 Å². The first-order chi connectivity index (χ1) is 22.6. The Morgan fingerprint density at radius 2 is 0.826 bits per heavy atom. The second-order valence-corrected chi connectivity index (χ2v) is 16.2. The molecule has 0 spiro atoms. The molecular formula is C42H70S4. The summed E-state index contributed by atoms with van der Waals surface area (Å²) in [4.78, 5) is 0. The minimum absolute atomic E-state index is 0.0554. The van der Waals surface area contributed by atoms with Crippen LogP contribution in [-0.4, -0.2) is 11.5 Å². The summed E-state index contributed by atoms with van der Waals surface area (Å²) >= 11 is 19.4. The van der Waals surface area contributed by atoms with Crippen LogP contribution in [0.1, 0.15) is 177 Å². The van der Waals surface area contributed by atoms with Crippen LogP contribution in [0.4, 0.5) is 0 Å². The molecule has 2 aromatic carbocycles. The van der Waals surface area contributed by atoms with Gasteiger partial charge in [0.2, 0.25) is 0 Å². The van der Waals surface area contributed by atoms with Crippen LogP contribution in [0.25, 0.3) is 0 Å². The normalized spacial score (nSPS) is 14.3. The molecule has 0 saturated carbocycles. The van der Waals surface area contributed by atoms with Gasteiger partial charge in [-0.05, 0) is 67.1 Å². The average molecular weight is 703 g/mol. The Kier molecular flexibility index (Phi) is 26.2. The molecule has 262 valence electrons. The molecule has 2 aromatic rings. The number of rotatable bonds is 31. The van der Waals surface area contributed by atoms with E-state index in [0.29, 0.717) is 11.2 Å². The number of thiol groups is 4. The summed E-state index contributed by atoms with van der Waals surface area (Å²) in [5.74, 6) is 2.68. The van der Waals surface area contributed by atoms with E-state index < -0.39 is 0 Å². The fourth-order valence-corrected chi connectivity index (χ4v) is 8.54. The third-order valence-corrected chi connectivity index (χ3v) is 12.1. The summed E-state index contributed by atoms with van der Waals surface area (Å²) in [7, 11) is 0. The molecule has 0 bridgehead atoms. The molecule has 3 unspecified atom stereocenters.